The highest BCUT2D eigenvalue weighted by Gasteiger charge is 2.01. The Morgan fingerprint density at radius 1 is 1.43 bits per heavy atom. The van der Waals surface area contributed by atoms with Crippen molar-refractivity contribution < 1.29 is 0 Å². The van der Waals surface area contributed by atoms with E-state index in [1.165, 1.54) is 10.9 Å². The first kappa shape index (κ1) is 9.32. The molecule has 2 aromatic rings. The van der Waals surface area contributed by atoms with Gasteiger partial charge in [0.05, 0.1) is 0 Å². The smallest absolute Gasteiger partial charge is 0.0494 e. The largest absolute Gasteiger partial charge is 0.343 e. The Kier molecular flexibility index (Phi) is 2.58. The number of fused-ring (bicyclic) bond motifs is 1. The molecule has 14 heavy (non-hydrogen) atoms. The second kappa shape index (κ2) is 3.87. The summed E-state index contributed by atoms with van der Waals surface area (Å²) in [6, 6.07) is 8.31. The van der Waals surface area contributed by atoms with Gasteiger partial charge in [-0.2, -0.15) is 0 Å². The predicted octanol–water partition coefficient (Wildman–Crippen LogP) is 3.74. The van der Waals surface area contributed by atoms with Crippen LogP contribution in [0.25, 0.3) is 10.9 Å². The van der Waals surface area contributed by atoms with E-state index in [-0.39, 0.29) is 0 Å². The third kappa shape index (κ3) is 1.54. The van der Waals surface area contributed by atoms with Crippen molar-refractivity contribution in [2.24, 2.45) is 0 Å². The lowest BCUT2D eigenvalue weighted by atomic mass is 10.2. The Morgan fingerprint density at radius 3 is 3.07 bits per heavy atom. The topological polar surface area (TPSA) is 4.93 Å². The zero-order valence-electron chi connectivity index (χ0n) is 7.70. The van der Waals surface area contributed by atoms with Crippen molar-refractivity contribution in [2.75, 3.05) is 0 Å². The maximum Gasteiger partial charge on any atom is 0.0494 e. The van der Waals surface area contributed by atoms with Gasteiger partial charge in [-0.05, 0) is 24.3 Å². The summed E-state index contributed by atoms with van der Waals surface area (Å²) in [4.78, 5) is 0. The van der Waals surface area contributed by atoms with E-state index in [4.69, 9.17) is 0 Å². The minimum atomic E-state index is 0.823. The molecule has 1 aromatic heterocycles. The Bertz CT molecular complexity index is 504. The molecule has 0 saturated carbocycles. The van der Waals surface area contributed by atoms with Crippen molar-refractivity contribution in [1.82, 2.24) is 4.57 Å². The molecule has 0 unspecified atom stereocenters. The number of rotatable bonds is 2. The van der Waals surface area contributed by atoms with Crippen molar-refractivity contribution in [2.45, 2.75) is 6.54 Å². The number of halogens is 1. The average Bonchev–Trinajstić information content (AvgIpc) is 2.60. The molecule has 1 aromatic carbocycles. The second-order valence-electron chi connectivity index (χ2n) is 3.05. The van der Waals surface area contributed by atoms with Crippen LogP contribution in [0.5, 0.6) is 0 Å². The van der Waals surface area contributed by atoms with Gasteiger partial charge in [0.25, 0.3) is 0 Å². The van der Waals surface area contributed by atoms with Crippen molar-refractivity contribution in [3.63, 3.8) is 0 Å². The van der Waals surface area contributed by atoms with Crippen LogP contribution < -0.4 is 0 Å². The summed E-state index contributed by atoms with van der Waals surface area (Å²) in [5.41, 5.74) is 4.01. The summed E-state index contributed by atoms with van der Waals surface area (Å²) in [5.74, 6) is 0. The molecule has 70 valence electrons. The number of aromatic nitrogens is 1. The number of nitrogens with zero attached hydrogens (tertiary/aromatic N) is 1. The standard InChI is InChI=1S/C12H10BrN/c1-2-3-8-14-9-7-10-11(13)5-4-6-12(10)14/h3-7,9H,1,8H2. The van der Waals surface area contributed by atoms with Crippen LogP contribution in [0.2, 0.25) is 0 Å². The van der Waals surface area contributed by atoms with Gasteiger partial charge in [0.15, 0.2) is 0 Å². The molecule has 0 N–H and O–H groups in total. The SMILES string of the molecule is C=C=CCn1ccc2c(Br)cccc21. The molecule has 0 atom stereocenters. The van der Waals surface area contributed by atoms with E-state index in [9.17, 15) is 0 Å². The molecule has 0 spiro atoms. The Labute approximate surface area is 91.5 Å². The molecule has 0 bridgehead atoms. The van der Waals surface area contributed by atoms with E-state index >= 15 is 0 Å². The zero-order chi connectivity index (χ0) is 9.97. The van der Waals surface area contributed by atoms with Crippen molar-refractivity contribution in [3.05, 3.63) is 53.3 Å². The summed E-state index contributed by atoms with van der Waals surface area (Å²) in [6.07, 6.45) is 3.99. The third-order valence-corrected chi connectivity index (χ3v) is 2.88. The molecule has 1 heterocycles. The van der Waals surface area contributed by atoms with E-state index in [1.54, 1.807) is 0 Å². The summed E-state index contributed by atoms with van der Waals surface area (Å²) in [5, 5.41) is 1.24. The molecule has 0 aliphatic heterocycles. The van der Waals surface area contributed by atoms with E-state index < -0.39 is 0 Å². The lowest BCUT2D eigenvalue weighted by Gasteiger charge is -2.00. The molecular formula is C12H10BrN. The van der Waals surface area contributed by atoms with E-state index in [0.717, 1.165) is 11.0 Å². The van der Waals surface area contributed by atoms with Gasteiger partial charge >= 0.3 is 0 Å². The van der Waals surface area contributed by atoms with Crippen LogP contribution in [0.1, 0.15) is 0 Å². The zero-order valence-corrected chi connectivity index (χ0v) is 9.29. The van der Waals surface area contributed by atoms with E-state index in [2.05, 4.69) is 57.2 Å². The van der Waals surface area contributed by atoms with Gasteiger partial charge in [-0.3, -0.25) is 0 Å². The number of allylic oxidation sites excluding steroid dienone is 1. The highest BCUT2D eigenvalue weighted by atomic mass is 79.9. The van der Waals surface area contributed by atoms with Crippen molar-refractivity contribution >= 4 is 26.8 Å². The Hall–Kier alpha value is -1.24. The van der Waals surface area contributed by atoms with Gasteiger partial charge in [0, 0.05) is 28.1 Å². The lowest BCUT2D eigenvalue weighted by Crippen LogP contribution is -1.91. The first-order chi connectivity index (χ1) is 6.83. The van der Waals surface area contributed by atoms with Crippen LogP contribution in [0, 0.1) is 0 Å². The van der Waals surface area contributed by atoms with Gasteiger partial charge < -0.3 is 4.57 Å². The molecule has 1 nitrogen and oxygen atoms in total. The monoisotopic (exact) mass is 247 g/mol. The predicted molar refractivity (Wildman–Crippen MR) is 63.3 cm³/mol. The molecule has 2 rings (SSSR count). The molecule has 2 heteroatoms. The summed E-state index contributed by atoms with van der Waals surface area (Å²) < 4.78 is 3.30. The van der Waals surface area contributed by atoms with Crippen LogP contribution in [-0.2, 0) is 6.54 Å². The number of benzene rings is 1. The average molecular weight is 248 g/mol. The van der Waals surface area contributed by atoms with Gasteiger partial charge in [-0.25, -0.2) is 0 Å². The normalized spacial score (nSPS) is 10.1. The fourth-order valence-electron chi connectivity index (χ4n) is 1.51. The quantitative estimate of drug-likeness (QED) is 0.713. The van der Waals surface area contributed by atoms with Crippen LogP contribution in [0.3, 0.4) is 0 Å². The van der Waals surface area contributed by atoms with Crippen LogP contribution in [-0.4, -0.2) is 4.57 Å². The fourth-order valence-corrected chi connectivity index (χ4v) is 2.00. The molecule has 0 saturated heterocycles. The van der Waals surface area contributed by atoms with Gasteiger partial charge in [0.1, 0.15) is 0 Å². The highest BCUT2D eigenvalue weighted by molar-refractivity contribution is 9.10. The summed E-state index contributed by atoms with van der Waals surface area (Å²) >= 11 is 3.53. The van der Waals surface area contributed by atoms with E-state index in [0.29, 0.717) is 0 Å². The van der Waals surface area contributed by atoms with Gasteiger partial charge in [-0.15, -0.1) is 5.73 Å². The maximum atomic E-state index is 3.55. The molecule has 0 radical (unpaired) electrons. The van der Waals surface area contributed by atoms with E-state index in [1.807, 2.05) is 12.1 Å². The van der Waals surface area contributed by atoms with Crippen LogP contribution in [0.4, 0.5) is 0 Å². The molecular weight excluding hydrogens is 238 g/mol. The van der Waals surface area contributed by atoms with Gasteiger partial charge in [0.2, 0.25) is 0 Å². The van der Waals surface area contributed by atoms with Crippen LogP contribution >= 0.6 is 15.9 Å². The van der Waals surface area contributed by atoms with Crippen molar-refractivity contribution in [3.8, 4) is 0 Å². The Balaban J connectivity index is 2.57. The fraction of sp³-hybridized carbons (Fsp3) is 0.0833. The minimum absolute atomic E-state index is 0.823. The summed E-state index contributed by atoms with van der Waals surface area (Å²) in [7, 11) is 0. The number of hydrogen-bond acceptors (Lipinski definition) is 0. The molecule has 0 aliphatic rings. The van der Waals surface area contributed by atoms with Gasteiger partial charge in [-0.1, -0.05) is 28.6 Å². The first-order valence-electron chi connectivity index (χ1n) is 4.40. The molecule has 0 aliphatic carbocycles. The molecule has 0 fully saturated rings. The third-order valence-electron chi connectivity index (χ3n) is 2.19. The molecule has 0 amide bonds. The second-order valence-corrected chi connectivity index (χ2v) is 3.90. The summed E-state index contributed by atoms with van der Waals surface area (Å²) in [6.45, 7) is 4.38. The first-order valence-corrected chi connectivity index (χ1v) is 5.20. The maximum absolute atomic E-state index is 3.55. The number of hydrogen-bond donors (Lipinski definition) is 0. The lowest BCUT2D eigenvalue weighted by molar-refractivity contribution is 0.865. The highest BCUT2D eigenvalue weighted by Crippen LogP contribution is 2.24. The van der Waals surface area contributed by atoms with Crippen molar-refractivity contribution in [1.29, 1.82) is 0 Å². The minimum Gasteiger partial charge on any atom is -0.343 e. The Morgan fingerprint density at radius 2 is 2.29 bits per heavy atom. The van der Waals surface area contributed by atoms with Crippen LogP contribution in [0.15, 0.2) is 53.3 Å².